The van der Waals surface area contributed by atoms with Gasteiger partial charge < -0.3 is 4.90 Å². The van der Waals surface area contributed by atoms with E-state index in [1.54, 1.807) is 35.0 Å². The molecule has 3 rings (SSSR count). The monoisotopic (exact) mass is 350 g/mol. The fourth-order valence-corrected chi connectivity index (χ4v) is 2.55. The first kappa shape index (κ1) is 17.3. The van der Waals surface area contributed by atoms with Gasteiger partial charge in [0.05, 0.1) is 16.2 Å². The summed E-state index contributed by atoms with van der Waals surface area (Å²) in [4.78, 5) is 24.8. The molecule has 2 aromatic carbocycles. The van der Waals surface area contributed by atoms with Gasteiger partial charge in [0.25, 0.3) is 11.6 Å². The van der Waals surface area contributed by atoms with Crippen LogP contribution in [0.2, 0.25) is 0 Å². The number of rotatable bonds is 5. The third kappa shape index (κ3) is 3.32. The second-order valence-electron chi connectivity index (χ2n) is 5.79. The number of nitro groups is 1. The molecule has 1 heterocycles. The van der Waals surface area contributed by atoms with Crippen LogP contribution < -0.4 is 0 Å². The van der Waals surface area contributed by atoms with E-state index in [0.717, 1.165) is 5.69 Å². The van der Waals surface area contributed by atoms with E-state index in [4.69, 9.17) is 0 Å². The number of carbonyl (C=O) groups is 1. The molecule has 0 saturated carbocycles. The van der Waals surface area contributed by atoms with Gasteiger partial charge in [0.1, 0.15) is 5.69 Å². The minimum Gasteiger partial charge on any atom is -0.342 e. The molecule has 1 aromatic heterocycles. The molecule has 0 aliphatic heterocycles. The van der Waals surface area contributed by atoms with Crippen LogP contribution in [-0.2, 0) is 0 Å². The van der Waals surface area contributed by atoms with Crippen LogP contribution in [0.3, 0.4) is 0 Å². The van der Waals surface area contributed by atoms with E-state index < -0.39 is 4.92 Å². The molecule has 7 heteroatoms. The number of hydrogen-bond acceptors (Lipinski definition) is 4. The molecule has 0 N–H and O–H groups in total. The maximum absolute atomic E-state index is 12.8. The highest BCUT2D eigenvalue weighted by atomic mass is 16.6. The summed E-state index contributed by atoms with van der Waals surface area (Å²) in [6.45, 7) is 2.46. The van der Waals surface area contributed by atoms with Crippen molar-refractivity contribution in [1.82, 2.24) is 14.7 Å². The van der Waals surface area contributed by atoms with E-state index in [-0.39, 0.29) is 11.6 Å². The van der Waals surface area contributed by atoms with Crippen molar-refractivity contribution >= 4 is 11.6 Å². The summed E-state index contributed by atoms with van der Waals surface area (Å²) in [6, 6.07) is 15.5. The fraction of sp³-hybridized carbons (Fsp3) is 0.158. The molecule has 0 aliphatic carbocycles. The van der Waals surface area contributed by atoms with Crippen LogP contribution in [0.15, 0.2) is 60.8 Å². The smallest absolute Gasteiger partial charge is 0.269 e. The highest BCUT2D eigenvalue weighted by Crippen LogP contribution is 2.26. The summed E-state index contributed by atoms with van der Waals surface area (Å²) in [5.74, 6) is -0.150. The Labute approximate surface area is 150 Å². The zero-order chi connectivity index (χ0) is 18.7. The molecule has 3 aromatic rings. The van der Waals surface area contributed by atoms with Crippen LogP contribution in [0.1, 0.15) is 17.3 Å². The van der Waals surface area contributed by atoms with Crippen molar-refractivity contribution in [2.75, 3.05) is 13.6 Å². The van der Waals surface area contributed by atoms with Gasteiger partial charge in [-0.05, 0) is 31.2 Å². The van der Waals surface area contributed by atoms with Crippen molar-refractivity contribution in [3.05, 3.63) is 76.5 Å². The summed E-state index contributed by atoms with van der Waals surface area (Å²) in [5, 5.41) is 15.4. The molecular weight excluding hydrogens is 332 g/mol. The van der Waals surface area contributed by atoms with Gasteiger partial charge in [-0.2, -0.15) is 5.10 Å². The Morgan fingerprint density at radius 3 is 2.38 bits per heavy atom. The molecule has 26 heavy (non-hydrogen) atoms. The molecule has 0 radical (unpaired) electrons. The molecule has 0 bridgehead atoms. The van der Waals surface area contributed by atoms with E-state index in [0.29, 0.717) is 23.4 Å². The summed E-state index contributed by atoms with van der Waals surface area (Å²) in [7, 11) is 1.72. The van der Waals surface area contributed by atoms with E-state index in [9.17, 15) is 14.9 Å². The highest BCUT2D eigenvalue weighted by Gasteiger charge is 2.21. The van der Waals surface area contributed by atoms with Gasteiger partial charge in [-0.3, -0.25) is 14.9 Å². The number of nitrogens with zero attached hydrogens (tertiary/aromatic N) is 4. The quantitative estimate of drug-likeness (QED) is 0.521. The zero-order valence-corrected chi connectivity index (χ0v) is 14.5. The molecular formula is C19H18N4O3. The number of benzene rings is 2. The normalized spacial score (nSPS) is 10.5. The number of amides is 1. The Kier molecular flexibility index (Phi) is 4.79. The number of aromatic nitrogens is 2. The Hall–Kier alpha value is -3.48. The van der Waals surface area contributed by atoms with Crippen LogP contribution in [0.4, 0.5) is 5.69 Å². The topological polar surface area (TPSA) is 81.3 Å². The minimum absolute atomic E-state index is 0.00482. The van der Waals surface area contributed by atoms with Crippen molar-refractivity contribution in [2.45, 2.75) is 6.92 Å². The van der Waals surface area contributed by atoms with E-state index in [1.165, 1.54) is 12.1 Å². The van der Waals surface area contributed by atoms with Crippen LogP contribution in [-0.4, -0.2) is 39.1 Å². The lowest BCUT2D eigenvalue weighted by molar-refractivity contribution is -0.384. The first-order valence-corrected chi connectivity index (χ1v) is 8.16. The number of nitro benzene ring substituents is 1. The second-order valence-corrected chi connectivity index (χ2v) is 5.79. The van der Waals surface area contributed by atoms with Gasteiger partial charge in [-0.15, -0.1) is 0 Å². The van der Waals surface area contributed by atoms with Crippen LogP contribution in [0, 0.1) is 10.1 Å². The van der Waals surface area contributed by atoms with Crippen LogP contribution in [0.5, 0.6) is 0 Å². The SMILES string of the molecule is CCN(C)C(=O)c1cn(-c2ccccc2)nc1-c1ccc([N+](=O)[O-])cc1. The minimum atomic E-state index is -0.455. The van der Waals surface area contributed by atoms with Gasteiger partial charge in [-0.25, -0.2) is 4.68 Å². The third-order valence-corrected chi connectivity index (χ3v) is 4.14. The van der Waals surface area contributed by atoms with E-state index >= 15 is 0 Å². The molecule has 7 nitrogen and oxygen atoms in total. The van der Waals surface area contributed by atoms with Gasteiger partial charge in [0.2, 0.25) is 0 Å². The van der Waals surface area contributed by atoms with E-state index in [1.807, 2.05) is 37.3 Å². The van der Waals surface area contributed by atoms with Crippen molar-refractivity contribution in [3.8, 4) is 16.9 Å². The van der Waals surface area contributed by atoms with E-state index in [2.05, 4.69) is 5.10 Å². The third-order valence-electron chi connectivity index (χ3n) is 4.14. The number of para-hydroxylation sites is 1. The predicted molar refractivity (Wildman–Crippen MR) is 98.3 cm³/mol. The average Bonchev–Trinajstić information content (AvgIpc) is 3.13. The molecule has 0 fully saturated rings. The standard InChI is InChI=1S/C19H18N4O3/c1-3-21(2)19(24)17-13-22(15-7-5-4-6-8-15)20-18(17)14-9-11-16(12-10-14)23(25)26/h4-13H,3H2,1-2H3. The Bertz CT molecular complexity index is 933. The van der Waals surface area contributed by atoms with Crippen LogP contribution in [0.25, 0.3) is 16.9 Å². The summed E-state index contributed by atoms with van der Waals surface area (Å²) >= 11 is 0. The Morgan fingerprint density at radius 2 is 1.81 bits per heavy atom. The first-order valence-electron chi connectivity index (χ1n) is 8.16. The fourth-order valence-electron chi connectivity index (χ4n) is 2.55. The lowest BCUT2D eigenvalue weighted by atomic mass is 10.1. The van der Waals surface area contributed by atoms with Gasteiger partial charge in [-0.1, -0.05) is 18.2 Å². The molecule has 132 valence electrons. The molecule has 0 saturated heterocycles. The average molecular weight is 350 g/mol. The predicted octanol–water partition coefficient (Wildman–Crippen LogP) is 3.54. The van der Waals surface area contributed by atoms with Gasteiger partial charge in [0.15, 0.2) is 0 Å². The zero-order valence-electron chi connectivity index (χ0n) is 14.5. The largest absolute Gasteiger partial charge is 0.342 e. The molecule has 0 aliphatic rings. The maximum Gasteiger partial charge on any atom is 0.269 e. The lowest BCUT2D eigenvalue weighted by Gasteiger charge is -2.13. The molecule has 0 spiro atoms. The van der Waals surface area contributed by atoms with Crippen molar-refractivity contribution < 1.29 is 9.72 Å². The van der Waals surface area contributed by atoms with Crippen molar-refractivity contribution in [1.29, 1.82) is 0 Å². The lowest BCUT2D eigenvalue weighted by Crippen LogP contribution is -2.26. The maximum atomic E-state index is 12.8. The number of non-ortho nitro benzene ring substituents is 1. The van der Waals surface area contributed by atoms with Crippen LogP contribution >= 0.6 is 0 Å². The number of carbonyl (C=O) groups excluding carboxylic acids is 1. The molecule has 1 amide bonds. The van der Waals surface area contributed by atoms with Crippen molar-refractivity contribution in [3.63, 3.8) is 0 Å². The molecule has 0 unspecified atom stereocenters. The second kappa shape index (κ2) is 7.18. The summed E-state index contributed by atoms with van der Waals surface area (Å²) in [5.41, 5.74) is 2.42. The van der Waals surface area contributed by atoms with Crippen molar-refractivity contribution in [2.24, 2.45) is 0 Å². The Morgan fingerprint density at radius 1 is 1.15 bits per heavy atom. The summed E-state index contributed by atoms with van der Waals surface area (Å²) < 4.78 is 1.65. The molecule has 0 atom stereocenters. The summed E-state index contributed by atoms with van der Waals surface area (Å²) in [6.07, 6.45) is 1.70. The Balaban J connectivity index is 2.11. The van der Waals surface area contributed by atoms with Gasteiger partial charge >= 0.3 is 0 Å². The first-order chi connectivity index (χ1) is 12.5. The van der Waals surface area contributed by atoms with Gasteiger partial charge in [0, 0.05) is 37.5 Å². The number of hydrogen-bond donors (Lipinski definition) is 0. The highest BCUT2D eigenvalue weighted by molar-refractivity contribution is 5.99.